The van der Waals surface area contributed by atoms with Crippen molar-refractivity contribution in [3.63, 3.8) is 0 Å². The fourth-order valence-electron chi connectivity index (χ4n) is 1.26. The summed E-state index contributed by atoms with van der Waals surface area (Å²) in [5.41, 5.74) is 2.43. The molecule has 2 heterocycles. The van der Waals surface area contributed by atoms with Crippen LogP contribution in [0.2, 0.25) is 0 Å². The highest BCUT2D eigenvalue weighted by Crippen LogP contribution is 2.19. The van der Waals surface area contributed by atoms with Gasteiger partial charge in [-0.05, 0) is 34.5 Å². The van der Waals surface area contributed by atoms with Crippen LogP contribution in [0.5, 0.6) is 0 Å². The number of halogens is 1. The quantitative estimate of drug-likeness (QED) is 0.704. The molecular weight excluding hydrogens is 230 g/mol. The van der Waals surface area contributed by atoms with E-state index in [-0.39, 0.29) is 0 Å². The molecule has 0 atom stereocenters. The number of rotatable bonds is 0. The van der Waals surface area contributed by atoms with Crippen LogP contribution in [0, 0.1) is 18.3 Å². The van der Waals surface area contributed by atoms with Gasteiger partial charge in [0.05, 0.1) is 10.7 Å². The average molecular weight is 236 g/mol. The van der Waals surface area contributed by atoms with Crippen LogP contribution in [0.15, 0.2) is 22.9 Å². The Morgan fingerprint density at radius 2 is 2.38 bits per heavy atom. The molecule has 0 aliphatic rings. The van der Waals surface area contributed by atoms with Gasteiger partial charge in [-0.15, -0.1) is 0 Å². The van der Waals surface area contributed by atoms with Gasteiger partial charge < -0.3 is 0 Å². The third-order valence-electron chi connectivity index (χ3n) is 1.81. The lowest BCUT2D eigenvalue weighted by molar-refractivity contribution is 1.12. The Morgan fingerprint density at radius 3 is 3.08 bits per heavy atom. The molecule has 3 nitrogen and oxygen atoms in total. The molecule has 0 unspecified atom stereocenters. The van der Waals surface area contributed by atoms with Crippen molar-refractivity contribution in [2.75, 3.05) is 0 Å². The van der Waals surface area contributed by atoms with Crippen molar-refractivity contribution in [3.8, 4) is 6.07 Å². The number of imidazole rings is 1. The fraction of sp³-hybridized carbons (Fsp3) is 0.111. The second kappa shape index (κ2) is 2.86. The Hall–Kier alpha value is -1.34. The lowest BCUT2D eigenvalue weighted by atomic mass is 10.3. The Bertz CT molecular complexity index is 507. The van der Waals surface area contributed by atoms with E-state index in [1.54, 1.807) is 10.6 Å². The normalized spacial score (nSPS) is 10.2. The van der Waals surface area contributed by atoms with Crippen LogP contribution in [0.1, 0.15) is 11.3 Å². The molecule has 0 spiro atoms. The van der Waals surface area contributed by atoms with Crippen LogP contribution in [0.4, 0.5) is 0 Å². The largest absolute Gasteiger partial charge is 0.290 e. The van der Waals surface area contributed by atoms with E-state index in [4.69, 9.17) is 5.26 Å². The van der Waals surface area contributed by atoms with Crippen molar-refractivity contribution >= 4 is 21.6 Å². The molecule has 4 heteroatoms. The van der Waals surface area contributed by atoms with Crippen molar-refractivity contribution in [1.29, 1.82) is 5.26 Å². The van der Waals surface area contributed by atoms with Crippen LogP contribution >= 0.6 is 15.9 Å². The standard InChI is InChI=1S/C9H6BrN3/c1-6-2-8(10)9-12-4-7(3-11)13(9)5-6/h2,4-5H,1H3. The molecular formula is C9H6BrN3. The number of fused-ring (bicyclic) bond motifs is 1. The number of nitriles is 1. The first-order valence-electron chi connectivity index (χ1n) is 3.75. The average Bonchev–Trinajstić information content (AvgIpc) is 2.47. The van der Waals surface area contributed by atoms with Gasteiger partial charge in [-0.3, -0.25) is 4.40 Å². The monoisotopic (exact) mass is 235 g/mol. The number of hydrogen-bond acceptors (Lipinski definition) is 2. The molecule has 2 aromatic heterocycles. The lowest BCUT2D eigenvalue weighted by Gasteiger charge is -1.99. The molecule has 2 rings (SSSR count). The Labute approximate surface area is 83.8 Å². The highest BCUT2D eigenvalue weighted by Gasteiger charge is 2.05. The first-order valence-corrected chi connectivity index (χ1v) is 4.55. The minimum atomic E-state index is 0.555. The van der Waals surface area contributed by atoms with Gasteiger partial charge in [0.15, 0.2) is 5.65 Å². The fourth-order valence-corrected chi connectivity index (χ4v) is 1.91. The minimum Gasteiger partial charge on any atom is -0.290 e. The van der Waals surface area contributed by atoms with Crippen molar-refractivity contribution in [1.82, 2.24) is 9.38 Å². The summed E-state index contributed by atoms with van der Waals surface area (Å²) in [5.74, 6) is 0. The van der Waals surface area contributed by atoms with Gasteiger partial charge in [-0.25, -0.2) is 4.98 Å². The Kier molecular flexibility index (Phi) is 1.82. The van der Waals surface area contributed by atoms with Gasteiger partial charge in [0.2, 0.25) is 0 Å². The lowest BCUT2D eigenvalue weighted by Crippen LogP contribution is -1.90. The van der Waals surface area contributed by atoms with Gasteiger partial charge in [-0.1, -0.05) is 0 Å². The third-order valence-corrected chi connectivity index (χ3v) is 2.40. The molecule has 0 radical (unpaired) electrons. The third kappa shape index (κ3) is 1.21. The van der Waals surface area contributed by atoms with E-state index in [0.29, 0.717) is 5.69 Å². The highest BCUT2D eigenvalue weighted by atomic mass is 79.9. The number of pyridine rings is 1. The first-order chi connectivity index (χ1) is 6.22. The maximum Gasteiger partial charge on any atom is 0.152 e. The molecule has 0 fully saturated rings. The summed E-state index contributed by atoms with van der Waals surface area (Å²) < 4.78 is 2.69. The van der Waals surface area contributed by atoms with E-state index in [1.165, 1.54) is 0 Å². The maximum atomic E-state index is 8.78. The first kappa shape index (κ1) is 8.27. The second-order valence-electron chi connectivity index (χ2n) is 2.81. The minimum absolute atomic E-state index is 0.555. The van der Waals surface area contributed by atoms with Crippen molar-refractivity contribution in [2.45, 2.75) is 6.92 Å². The zero-order valence-electron chi connectivity index (χ0n) is 6.95. The van der Waals surface area contributed by atoms with E-state index in [9.17, 15) is 0 Å². The van der Waals surface area contributed by atoms with Gasteiger partial charge in [0.1, 0.15) is 11.8 Å². The van der Waals surface area contributed by atoms with Crippen molar-refractivity contribution in [2.24, 2.45) is 0 Å². The summed E-state index contributed by atoms with van der Waals surface area (Å²) >= 11 is 3.40. The Morgan fingerprint density at radius 1 is 1.62 bits per heavy atom. The summed E-state index contributed by atoms with van der Waals surface area (Å²) in [7, 11) is 0. The predicted molar refractivity (Wildman–Crippen MR) is 52.3 cm³/mol. The zero-order chi connectivity index (χ0) is 9.42. The molecule has 0 saturated heterocycles. The summed E-state index contributed by atoms with van der Waals surface area (Å²) in [6, 6.07) is 4.06. The van der Waals surface area contributed by atoms with E-state index in [1.807, 2.05) is 19.2 Å². The number of nitrogens with zero attached hydrogens (tertiary/aromatic N) is 3. The number of aryl methyl sites for hydroxylation is 1. The van der Waals surface area contributed by atoms with Crippen molar-refractivity contribution < 1.29 is 0 Å². The molecule has 0 aliphatic carbocycles. The van der Waals surface area contributed by atoms with Crippen LogP contribution in [-0.4, -0.2) is 9.38 Å². The summed E-state index contributed by atoms with van der Waals surface area (Å²) in [6.07, 6.45) is 3.46. The van der Waals surface area contributed by atoms with Crippen LogP contribution in [0.3, 0.4) is 0 Å². The maximum absolute atomic E-state index is 8.78. The van der Waals surface area contributed by atoms with Crippen LogP contribution in [-0.2, 0) is 0 Å². The number of hydrogen-bond donors (Lipinski definition) is 0. The van der Waals surface area contributed by atoms with E-state index in [0.717, 1.165) is 15.7 Å². The smallest absolute Gasteiger partial charge is 0.152 e. The van der Waals surface area contributed by atoms with Gasteiger partial charge in [-0.2, -0.15) is 5.26 Å². The van der Waals surface area contributed by atoms with E-state index >= 15 is 0 Å². The topological polar surface area (TPSA) is 41.1 Å². The van der Waals surface area contributed by atoms with Gasteiger partial charge in [0, 0.05) is 6.20 Å². The molecule has 0 aliphatic heterocycles. The summed E-state index contributed by atoms with van der Waals surface area (Å²) in [5, 5.41) is 8.78. The van der Waals surface area contributed by atoms with Gasteiger partial charge >= 0.3 is 0 Å². The van der Waals surface area contributed by atoms with Gasteiger partial charge in [0.25, 0.3) is 0 Å². The molecule has 0 aromatic carbocycles. The van der Waals surface area contributed by atoms with Crippen molar-refractivity contribution in [3.05, 3.63) is 34.2 Å². The Balaban J connectivity index is 2.92. The predicted octanol–water partition coefficient (Wildman–Crippen LogP) is 2.28. The molecule has 0 amide bonds. The molecule has 2 aromatic rings. The molecule has 0 N–H and O–H groups in total. The molecule has 64 valence electrons. The highest BCUT2D eigenvalue weighted by molar-refractivity contribution is 9.10. The SMILES string of the molecule is Cc1cc(Br)c2ncc(C#N)n2c1. The van der Waals surface area contributed by atoms with E-state index < -0.39 is 0 Å². The molecule has 13 heavy (non-hydrogen) atoms. The van der Waals surface area contributed by atoms with E-state index in [2.05, 4.69) is 27.0 Å². The molecule has 0 bridgehead atoms. The number of aromatic nitrogens is 2. The van der Waals surface area contributed by atoms with Crippen LogP contribution < -0.4 is 0 Å². The zero-order valence-corrected chi connectivity index (χ0v) is 8.54. The summed E-state index contributed by atoms with van der Waals surface area (Å²) in [6.45, 7) is 1.98. The molecule has 0 saturated carbocycles. The van der Waals surface area contributed by atoms with Crippen LogP contribution in [0.25, 0.3) is 5.65 Å². The second-order valence-corrected chi connectivity index (χ2v) is 3.67. The summed E-state index contributed by atoms with van der Waals surface area (Å²) in [4.78, 5) is 4.12.